The fourth-order valence-electron chi connectivity index (χ4n) is 3.64. The first kappa shape index (κ1) is 23.6. The second-order valence-corrected chi connectivity index (χ2v) is 8.11. The monoisotopic (exact) mass is 456 g/mol. The van der Waals surface area contributed by atoms with Crippen LogP contribution >= 0.6 is 12.4 Å². The Morgan fingerprint density at radius 2 is 1.84 bits per heavy atom. The molecule has 2 aromatic carbocycles. The van der Waals surface area contributed by atoms with Crippen molar-refractivity contribution in [2.75, 3.05) is 12.3 Å². The van der Waals surface area contributed by atoms with Crippen molar-refractivity contribution in [1.29, 1.82) is 0 Å². The lowest BCUT2D eigenvalue weighted by Crippen LogP contribution is -2.33. The van der Waals surface area contributed by atoms with Gasteiger partial charge in [0.25, 0.3) is 0 Å². The van der Waals surface area contributed by atoms with Crippen LogP contribution in [-0.4, -0.2) is 22.7 Å². The van der Waals surface area contributed by atoms with E-state index in [9.17, 15) is 4.79 Å². The molecule has 3 aromatic rings. The summed E-state index contributed by atoms with van der Waals surface area (Å²) < 4.78 is 11.2. The molecular formula is C24H29ClN4O3. The topological polar surface area (TPSA) is 103 Å². The van der Waals surface area contributed by atoms with E-state index in [0.29, 0.717) is 18.2 Å². The van der Waals surface area contributed by atoms with Crippen LogP contribution in [0, 0.1) is 5.92 Å². The van der Waals surface area contributed by atoms with E-state index in [4.69, 9.17) is 14.9 Å². The number of amides is 1. The van der Waals surface area contributed by atoms with Crippen molar-refractivity contribution in [3.05, 3.63) is 71.6 Å². The Kier molecular flexibility index (Phi) is 8.11. The molecule has 1 heterocycles. The summed E-state index contributed by atoms with van der Waals surface area (Å²) in [6, 6.07) is 17.2. The number of hydrogen-bond acceptors (Lipinski definition) is 6. The largest absolute Gasteiger partial charge is 0.493 e. The first-order valence-corrected chi connectivity index (χ1v) is 10.7. The van der Waals surface area contributed by atoms with E-state index in [0.717, 1.165) is 23.5 Å². The number of aromatic nitrogens is 2. The predicted molar refractivity (Wildman–Crippen MR) is 125 cm³/mol. The number of nitrogens with one attached hydrogen (secondary N) is 1. The molecule has 0 saturated heterocycles. The van der Waals surface area contributed by atoms with Crippen molar-refractivity contribution in [2.45, 2.75) is 44.6 Å². The first-order chi connectivity index (χ1) is 15.1. The number of benzene rings is 2. The Morgan fingerprint density at radius 1 is 1.12 bits per heavy atom. The van der Waals surface area contributed by atoms with Crippen LogP contribution in [0.1, 0.15) is 55.2 Å². The van der Waals surface area contributed by atoms with Gasteiger partial charge in [-0.2, -0.15) is 0 Å². The molecule has 8 heteroatoms. The average molecular weight is 457 g/mol. The highest BCUT2D eigenvalue weighted by Crippen LogP contribution is 2.28. The van der Waals surface area contributed by atoms with Gasteiger partial charge in [0, 0.05) is 0 Å². The second-order valence-electron chi connectivity index (χ2n) is 8.11. The number of hydrogen-bond donors (Lipinski definition) is 2. The van der Waals surface area contributed by atoms with E-state index in [-0.39, 0.29) is 36.3 Å². The Bertz CT molecular complexity index is 990. The minimum absolute atomic E-state index is 0. The summed E-state index contributed by atoms with van der Waals surface area (Å²) in [5.74, 6) is 1.52. The third-order valence-corrected chi connectivity index (χ3v) is 5.86. The summed E-state index contributed by atoms with van der Waals surface area (Å²) in [7, 11) is 0. The van der Waals surface area contributed by atoms with Crippen molar-refractivity contribution in [1.82, 2.24) is 15.5 Å². The normalized spacial score (nSPS) is 15.2. The number of nitrogen functional groups attached to an aromatic ring is 1. The van der Waals surface area contributed by atoms with Gasteiger partial charge < -0.3 is 20.2 Å². The maximum absolute atomic E-state index is 13.0. The highest BCUT2D eigenvalue weighted by molar-refractivity contribution is 5.85. The fraction of sp³-hybridized carbons (Fsp3) is 0.375. The van der Waals surface area contributed by atoms with Crippen LogP contribution in [0.25, 0.3) is 0 Å². The van der Waals surface area contributed by atoms with Crippen LogP contribution < -0.4 is 15.8 Å². The smallest absolute Gasteiger partial charge is 0.312 e. The third-order valence-electron chi connectivity index (χ3n) is 5.86. The van der Waals surface area contributed by atoms with Crippen molar-refractivity contribution in [3.63, 3.8) is 0 Å². The summed E-state index contributed by atoms with van der Waals surface area (Å²) in [5.41, 5.74) is 7.46. The molecule has 2 atom stereocenters. The molecule has 1 aliphatic carbocycles. The Balaban J connectivity index is 0.00000289. The van der Waals surface area contributed by atoms with Crippen LogP contribution in [0.5, 0.6) is 5.75 Å². The van der Waals surface area contributed by atoms with Gasteiger partial charge in [0.2, 0.25) is 11.8 Å². The maximum Gasteiger partial charge on any atom is 0.312 e. The summed E-state index contributed by atoms with van der Waals surface area (Å²) in [6.45, 7) is 2.65. The lowest BCUT2D eigenvalue weighted by molar-refractivity contribution is -0.123. The molecule has 1 aromatic heterocycles. The average Bonchev–Trinajstić information content (AvgIpc) is 3.17. The SMILES string of the molecule is C[C@H](C(=O)N[C@@H](Cc1nnc(N)o1)c1ccc(OCC2CCC2)cc1)c1ccccc1.Cl. The minimum atomic E-state index is -0.334. The lowest BCUT2D eigenvalue weighted by Gasteiger charge is -2.25. The van der Waals surface area contributed by atoms with E-state index >= 15 is 0 Å². The summed E-state index contributed by atoms with van der Waals surface area (Å²) in [6.07, 6.45) is 4.15. The van der Waals surface area contributed by atoms with Gasteiger partial charge in [-0.25, -0.2) is 0 Å². The number of carbonyl (C=O) groups excluding carboxylic acids is 1. The number of nitrogens with two attached hydrogens (primary N) is 1. The van der Waals surface area contributed by atoms with Crippen molar-refractivity contribution in [3.8, 4) is 5.75 Å². The summed E-state index contributed by atoms with van der Waals surface area (Å²) >= 11 is 0. The van der Waals surface area contributed by atoms with E-state index in [1.165, 1.54) is 19.3 Å². The van der Waals surface area contributed by atoms with Gasteiger partial charge in [-0.3, -0.25) is 4.79 Å². The standard InChI is InChI=1S/C24H28N4O3.ClH/c1-16(18-8-3-2-4-9-18)23(29)26-21(14-22-27-28-24(25)31-22)19-10-12-20(13-11-19)30-15-17-6-5-7-17;/h2-4,8-13,16-17,21H,5-7,14-15H2,1H3,(H2,25,28)(H,26,29);1H/t16-,21-;/m0./s1. The van der Waals surface area contributed by atoms with Crippen LogP contribution in [0.3, 0.4) is 0 Å². The minimum Gasteiger partial charge on any atom is -0.493 e. The molecule has 0 unspecified atom stereocenters. The van der Waals surface area contributed by atoms with Gasteiger partial charge in [-0.1, -0.05) is 54.0 Å². The van der Waals surface area contributed by atoms with Gasteiger partial charge in [0.05, 0.1) is 25.0 Å². The molecule has 32 heavy (non-hydrogen) atoms. The zero-order valence-electron chi connectivity index (χ0n) is 18.1. The van der Waals surface area contributed by atoms with E-state index < -0.39 is 0 Å². The predicted octanol–water partition coefficient (Wildman–Crippen LogP) is 4.46. The quantitative estimate of drug-likeness (QED) is 0.492. The van der Waals surface area contributed by atoms with Gasteiger partial charge in [0.15, 0.2) is 0 Å². The third kappa shape index (κ3) is 6.01. The lowest BCUT2D eigenvalue weighted by atomic mass is 9.86. The number of anilines is 1. The highest BCUT2D eigenvalue weighted by Gasteiger charge is 2.23. The number of rotatable bonds is 9. The second kappa shape index (κ2) is 11.0. The molecule has 170 valence electrons. The fourth-order valence-corrected chi connectivity index (χ4v) is 3.64. The van der Waals surface area contributed by atoms with E-state index in [1.54, 1.807) is 0 Å². The molecule has 1 saturated carbocycles. The molecule has 0 spiro atoms. The molecule has 1 aliphatic rings. The number of halogens is 1. The summed E-state index contributed by atoms with van der Waals surface area (Å²) in [5, 5.41) is 10.8. The van der Waals surface area contributed by atoms with Crippen molar-refractivity contribution in [2.24, 2.45) is 5.92 Å². The first-order valence-electron chi connectivity index (χ1n) is 10.7. The van der Waals surface area contributed by atoms with Crippen LogP contribution in [0.4, 0.5) is 6.01 Å². The zero-order chi connectivity index (χ0) is 21.6. The molecule has 4 rings (SSSR count). The molecule has 1 amide bonds. The van der Waals surface area contributed by atoms with Crippen LogP contribution in [0.2, 0.25) is 0 Å². The van der Waals surface area contributed by atoms with E-state index in [1.807, 2.05) is 61.5 Å². The Labute approximate surface area is 194 Å². The van der Waals surface area contributed by atoms with Gasteiger partial charge >= 0.3 is 6.01 Å². The Hall–Kier alpha value is -3.06. The maximum atomic E-state index is 13.0. The zero-order valence-corrected chi connectivity index (χ0v) is 18.9. The van der Waals surface area contributed by atoms with Crippen LogP contribution in [-0.2, 0) is 11.2 Å². The van der Waals surface area contributed by atoms with Gasteiger partial charge in [-0.05, 0) is 48.9 Å². The molecule has 0 radical (unpaired) electrons. The molecule has 1 fully saturated rings. The Morgan fingerprint density at radius 3 is 2.44 bits per heavy atom. The number of carbonyl (C=O) groups is 1. The van der Waals surface area contributed by atoms with Crippen molar-refractivity contribution >= 4 is 24.3 Å². The number of ether oxygens (including phenoxy) is 1. The van der Waals surface area contributed by atoms with Gasteiger partial charge in [-0.15, -0.1) is 17.5 Å². The number of nitrogens with zero attached hydrogens (tertiary/aromatic N) is 2. The van der Waals surface area contributed by atoms with Crippen LogP contribution in [0.15, 0.2) is 59.0 Å². The molecule has 7 nitrogen and oxygen atoms in total. The molecular weight excluding hydrogens is 428 g/mol. The summed E-state index contributed by atoms with van der Waals surface area (Å²) in [4.78, 5) is 13.0. The van der Waals surface area contributed by atoms with Gasteiger partial charge in [0.1, 0.15) is 5.75 Å². The highest BCUT2D eigenvalue weighted by atomic mass is 35.5. The molecule has 3 N–H and O–H groups in total. The molecule has 0 aliphatic heterocycles. The van der Waals surface area contributed by atoms with E-state index in [2.05, 4.69) is 15.5 Å². The van der Waals surface area contributed by atoms with Crippen molar-refractivity contribution < 1.29 is 13.9 Å². The molecule has 0 bridgehead atoms.